The summed E-state index contributed by atoms with van der Waals surface area (Å²) < 4.78 is 0.0381. The van der Waals surface area contributed by atoms with Crippen molar-refractivity contribution in [3.05, 3.63) is 53.7 Å². The van der Waals surface area contributed by atoms with Crippen molar-refractivity contribution in [2.45, 2.75) is 36.3 Å². The molecule has 1 saturated heterocycles. The first-order valence-electron chi connectivity index (χ1n) is 8.70. The molecular weight excluding hydrogens is 366 g/mol. The number of benzene rings is 1. The van der Waals surface area contributed by atoms with E-state index in [9.17, 15) is 4.79 Å². The van der Waals surface area contributed by atoms with Gasteiger partial charge in [-0.05, 0) is 37.0 Å². The van der Waals surface area contributed by atoms with Crippen LogP contribution in [0, 0.1) is 11.3 Å². The summed E-state index contributed by atoms with van der Waals surface area (Å²) in [4.78, 5) is 15.3. The summed E-state index contributed by atoms with van der Waals surface area (Å²) >= 11 is 8.12. The number of nitrogens with one attached hydrogen (secondary N) is 2. The van der Waals surface area contributed by atoms with Crippen molar-refractivity contribution in [2.24, 2.45) is 5.92 Å². The van der Waals surface area contributed by atoms with Crippen LogP contribution < -0.4 is 5.32 Å². The van der Waals surface area contributed by atoms with E-state index in [1.807, 2.05) is 34.9 Å². The molecule has 0 unspecified atom stereocenters. The van der Waals surface area contributed by atoms with Crippen LogP contribution in [0.2, 0.25) is 5.02 Å². The second-order valence-corrected chi connectivity index (χ2v) is 8.93. The molecule has 0 bridgehead atoms. The van der Waals surface area contributed by atoms with Gasteiger partial charge < -0.3 is 15.6 Å². The van der Waals surface area contributed by atoms with Crippen molar-refractivity contribution in [3.8, 4) is 0 Å². The lowest BCUT2D eigenvalue weighted by Crippen LogP contribution is -2.47. The normalized spacial score (nSPS) is 16.3. The smallest absolute Gasteiger partial charge is 0.321 e. The minimum Gasteiger partial charge on any atom is -0.325 e. The molecule has 2 amide bonds. The number of carbonyl (C=O) groups is 1. The molecule has 4 nitrogen and oxygen atoms in total. The highest BCUT2D eigenvalue weighted by Crippen LogP contribution is 2.44. The number of hydrogen-bond acceptors (Lipinski definition) is 3. The first-order valence-corrected chi connectivity index (χ1v) is 9.89. The molecule has 0 radical (unpaired) electrons. The Morgan fingerprint density at radius 2 is 2.04 bits per heavy atom. The Balaban J connectivity index is 1.93. The van der Waals surface area contributed by atoms with E-state index >= 15 is 0 Å². The molecule has 1 aromatic rings. The van der Waals surface area contributed by atoms with Crippen LogP contribution in [-0.2, 0) is 0 Å². The summed E-state index contributed by atoms with van der Waals surface area (Å²) in [5.74, 6) is 0.499. The van der Waals surface area contributed by atoms with E-state index in [1.165, 1.54) is 0 Å². The van der Waals surface area contributed by atoms with Crippen molar-refractivity contribution in [1.82, 2.24) is 10.2 Å². The number of thioether (sulfide) groups is 1. The summed E-state index contributed by atoms with van der Waals surface area (Å²) in [6.07, 6.45) is 6.18. The third-order valence-electron chi connectivity index (χ3n) is 4.68. The molecule has 1 heterocycles. The lowest BCUT2D eigenvalue weighted by Gasteiger charge is -2.40. The first-order chi connectivity index (χ1) is 12.4. The Morgan fingerprint density at radius 3 is 2.62 bits per heavy atom. The van der Waals surface area contributed by atoms with Gasteiger partial charge in [-0.2, -0.15) is 0 Å². The number of halogens is 1. The van der Waals surface area contributed by atoms with Crippen molar-refractivity contribution < 1.29 is 4.79 Å². The fourth-order valence-electron chi connectivity index (χ4n) is 3.13. The average molecular weight is 392 g/mol. The van der Waals surface area contributed by atoms with Gasteiger partial charge in [0.15, 0.2) is 0 Å². The highest BCUT2D eigenvalue weighted by molar-refractivity contribution is 8.00. The molecule has 1 aliphatic heterocycles. The molecule has 0 atom stereocenters. The Labute approximate surface area is 165 Å². The second kappa shape index (κ2) is 9.28. The summed E-state index contributed by atoms with van der Waals surface area (Å²) in [5, 5.41) is 10.9. The summed E-state index contributed by atoms with van der Waals surface area (Å²) in [6.45, 7) is 9.51. The predicted octanol–water partition coefficient (Wildman–Crippen LogP) is 5.35. The zero-order valence-electron chi connectivity index (χ0n) is 15.3. The van der Waals surface area contributed by atoms with E-state index in [2.05, 4.69) is 31.8 Å². The predicted molar refractivity (Wildman–Crippen MR) is 111 cm³/mol. The molecule has 1 fully saturated rings. The van der Waals surface area contributed by atoms with Gasteiger partial charge in [0.05, 0.1) is 10.7 Å². The standard InChI is InChI=1S/C20H26ClN3OS/c1-4-7-16(14-22)23-19(25)24-12-10-15(11-13-24)20(2,3)26-18-9-6-5-8-17(18)21/h4-9,14-15,22H,1,10-13H2,2-3H3,(H,23,25)/b16-7+,22-14?. The highest BCUT2D eigenvalue weighted by atomic mass is 35.5. The molecule has 1 aromatic carbocycles. The lowest BCUT2D eigenvalue weighted by atomic mass is 9.86. The lowest BCUT2D eigenvalue weighted by molar-refractivity contribution is 0.165. The molecule has 6 heteroatoms. The van der Waals surface area contributed by atoms with E-state index < -0.39 is 0 Å². The molecule has 140 valence electrons. The minimum absolute atomic E-state index is 0.0381. The van der Waals surface area contributed by atoms with Gasteiger partial charge >= 0.3 is 6.03 Å². The number of allylic oxidation sites excluding steroid dienone is 3. The average Bonchev–Trinajstić information content (AvgIpc) is 2.63. The van der Waals surface area contributed by atoms with Gasteiger partial charge in [-0.15, -0.1) is 11.8 Å². The number of piperidine rings is 1. The van der Waals surface area contributed by atoms with Crippen LogP contribution in [0.4, 0.5) is 4.79 Å². The van der Waals surface area contributed by atoms with Gasteiger partial charge in [0.2, 0.25) is 0 Å². The number of nitrogens with zero attached hydrogens (tertiary/aromatic N) is 1. The zero-order valence-corrected chi connectivity index (χ0v) is 16.9. The van der Waals surface area contributed by atoms with Crippen molar-refractivity contribution in [1.29, 1.82) is 5.41 Å². The van der Waals surface area contributed by atoms with E-state index in [4.69, 9.17) is 17.0 Å². The van der Waals surface area contributed by atoms with Crippen LogP contribution >= 0.6 is 23.4 Å². The third-order valence-corrected chi connectivity index (χ3v) is 6.56. The monoisotopic (exact) mass is 391 g/mol. The SMILES string of the molecule is C=C/C=C(\C=N)NC(=O)N1CCC(C(C)(C)Sc2ccccc2Cl)CC1. The number of amides is 2. The third kappa shape index (κ3) is 5.39. The summed E-state index contributed by atoms with van der Waals surface area (Å²) in [5.41, 5.74) is 0.446. The Kier molecular flexibility index (Phi) is 7.35. The number of urea groups is 1. The molecular formula is C20H26ClN3OS. The number of likely N-dealkylation sites (tertiary alicyclic amines) is 1. The summed E-state index contributed by atoms with van der Waals surface area (Å²) in [7, 11) is 0. The van der Waals surface area contributed by atoms with E-state index in [0.717, 1.165) is 29.0 Å². The molecule has 0 aromatic heterocycles. The van der Waals surface area contributed by atoms with Crippen molar-refractivity contribution in [3.63, 3.8) is 0 Å². The van der Waals surface area contributed by atoms with Crippen LogP contribution in [0.25, 0.3) is 0 Å². The van der Waals surface area contributed by atoms with Crippen molar-refractivity contribution >= 4 is 35.6 Å². The van der Waals surface area contributed by atoms with Gasteiger partial charge in [0, 0.05) is 28.9 Å². The highest BCUT2D eigenvalue weighted by Gasteiger charge is 2.35. The fourth-order valence-corrected chi connectivity index (χ4v) is 4.66. The maximum absolute atomic E-state index is 12.3. The Hall–Kier alpha value is -1.72. The molecule has 0 aliphatic carbocycles. The van der Waals surface area contributed by atoms with Crippen LogP contribution in [0.5, 0.6) is 0 Å². The van der Waals surface area contributed by atoms with Gasteiger partial charge in [-0.3, -0.25) is 0 Å². The maximum atomic E-state index is 12.3. The quantitative estimate of drug-likeness (QED) is 0.390. The van der Waals surface area contributed by atoms with Gasteiger partial charge in [-0.1, -0.05) is 50.2 Å². The largest absolute Gasteiger partial charge is 0.325 e. The second-order valence-electron chi connectivity index (χ2n) is 6.83. The number of carbonyl (C=O) groups excluding carboxylic acids is 1. The topological polar surface area (TPSA) is 56.2 Å². The summed E-state index contributed by atoms with van der Waals surface area (Å²) in [6, 6.07) is 7.78. The van der Waals surface area contributed by atoms with Gasteiger partial charge in [0.25, 0.3) is 0 Å². The van der Waals surface area contributed by atoms with E-state index in [0.29, 0.717) is 24.7 Å². The molecule has 2 rings (SSSR count). The zero-order chi connectivity index (χ0) is 19.2. The van der Waals surface area contributed by atoms with E-state index in [1.54, 1.807) is 12.2 Å². The van der Waals surface area contributed by atoms with Gasteiger partial charge in [0.1, 0.15) is 0 Å². The molecule has 2 N–H and O–H groups in total. The first kappa shape index (κ1) is 20.6. The Morgan fingerprint density at radius 1 is 1.38 bits per heavy atom. The van der Waals surface area contributed by atoms with Crippen LogP contribution in [0.1, 0.15) is 26.7 Å². The molecule has 26 heavy (non-hydrogen) atoms. The molecule has 0 spiro atoms. The maximum Gasteiger partial charge on any atom is 0.321 e. The molecule has 1 aliphatic rings. The Bertz CT molecular complexity index is 694. The van der Waals surface area contributed by atoms with Crippen molar-refractivity contribution in [2.75, 3.05) is 13.1 Å². The number of rotatable bonds is 6. The van der Waals surface area contributed by atoms with Gasteiger partial charge in [-0.25, -0.2) is 4.79 Å². The number of hydrogen-bond donors (Lipinski definition) is 2. The van der Waals surface area contributed by atoms with Crippen LogP contribution in [0.15, 0.2) is 53.6 Å². The van der Waals surface area contributed by atoms with Crippen LogP contribution in [0.3, 0.4) is 0 Å². The van der Waals surface area contributed by atoms with Crippen LogP contribution in [-0.4, -0.2) is 35.0 Å². The fraction of sp³-hybridized carbons (Fsp3) is 0.400. The minimum atomic E-state index is -0.156. The van der Waals surface area contributed by atoms with E-state index in [-0.39, 0.29) is 10.8 Å². The molecule has 0 saturated carbocycles.